The molecule has 0 spiro atoms. The second-order valence-corrected chi connectivity index (χ2v) is 12.1. The molecule has 0 aliphatic carbocycles. The van der Waals surface area contributed by atoms with Gasteiger partial charge in [0.1, 0.15) is 29.2 Å². The van der Waals surface area contributed by atoms with E-state index in [0.717, 1.165) is 17.0 Å². The standard InChI is InChI=1S/C37H39FN8O3/c1-24-6-2-3-10-33(24)49-29-8-4-7-25(22-29)35-43-30-23-26(11-16-31(30)46(35)32(34(39)47)9-5-17-42-37(40)41)36(48)45-20-18-44(19-21-45)28-14-12-27(38)13-15-28/h2-4,6-8,10-16,22-23,32H,5,9,17-21H2,1H3,(H2,39,47)(H4,40,41,42). The Balaban J connectivity index is 1.32. The lowest BCUT2D eigenvalue weighted by atomic mass is 10.1. The number of ether oxygens (including phenoxy) is 1. The van der Waals surface area contributed by atoms with Gasteiger partial charge in [0.2, 0.25) is 5.91 Å². The zero-order chi connectivity index (χ0) is 34.5. The van der Waals surface area contributed by atoms with Gasteiger partial charge in [-0.3, -0.25) is 15.0 Å². The molecule has 1 aliphatic heterocycles. The van der Waals surface area contributed by atoms with Crippen molar-refractivity contribution < 1.29 is 18.7 Å². The summed E-state index contributed by atoms with van der Waals surface area (Å²) in [5, 5.41) is 10.2. The molecule has 1 aromatic heterocycles. The van der Waals surface area contributed by atoms with E-state index in [1.807, 2.05) is 66.1 Å². The average Bonchev–Trinajstić information content (AvgIpc) is 3.48. The number of amides is 2. The predicted octanol–water partition coefficient (Wildman–Crippen LogP) is 5.20. The SMILES string of the molecule is Cc1ccccc1Oc1cccc(-c2nc3cc(C(=O)N4CCN(c5ccc(F)cc5)CC4)ccc3n2C(CCCNC(=N)N)C(N)=O)c1. The van der Waals surface area contributed by atoms with Gasteiger partial charge in [-0.05, 0) is 86.0 Å². The maximum Gasteiger partial charge on any atom is 0.254 e. The second-order valence-electron chi connectivity index (χ2n) is 12.1. The second kappa shape index (κ2) is 14.5. The Morgan fingerprint density at radius 3 is 2.43 bits per heavy atom. The van der Waals surface area contributed by atoms with Crippen LogP contribution < -0.4 is 26.4 Å². The number of piperazine rings is 1. The third kappa shape index (κ3) is 7.48. The van der Waals surface area contributed by atoms with Crippen molar-refractivity contribution >= 4 is 34.5 Å². The van der Waals surface area contributed by atoms with Gasteiger partial charge < -0.3 is 35.9 Å². The molecule has 11 nitrogen and oxygen atoms in total. The first-order valence-corrected chi connectivity index (χ1v) is 16.2. The van der Waals surface area contributed by atoms with Gasteiger partial charge in [-0.2, -0.15) is 0 Å². The van der Waals surface area contributed by atoms with Crippen LogP contribution in [-0.2, 0) is 4.79 Å². The largest absolute Gasteiger partial charge is 0.457 e. The molecule has 4 aromatic carbocycles. The number of benzene rings is 4. The van der Waals surface area contributed by atoms with Crippen LogP contribution in [0.4, 0.5) is 10.1 Å². The zero-order valence-corrected chi connectivity index (χ0v) is 27.2. The van der Waals surface area contributed by atoms with Crippen molar-refractivity contribution in [3.8, 4) is 22.9 Å². The third-order valence-corrected chi connectivity index (χ3v) is 8.72. The number of carbonyl (C=O) groups is 2. The van der Waals surface area contributed by atoms with Gasteiger partial charge in [0.05, 0.1) is 11.0 Å². The Labute approximate surface area is 283 Å². The number of nitrogens with one attached hydrogen (secondary N) is 2. The molecule has 6 N–H and O–H groups in total. The fraction of sp³-hybridized carbons (Fsp3) is 0.243. The number of halogens is 1. The van der Waals surface area contributed by atoms with E-state index >= 15 is 0 Å². The van der Waals surface area contributed by atoms with E-state index in [2.05, 4.69) is 10.2 Å². The van der Waals surface area contributed by atoms with Crippen molar-refractivity contribution in [1.29, 1.82) is 5.41 Å². The van der Waals surface area contributed by atoms with Gasteiger partial charge in [-0.15, -0.1) is 0 Å². The fourth-order valence-corrected chi connectivity index (χ4v) is 6.17. The first-order chi connectivity index (χ1) is 23.7. The molecule has 1 fully saturated rings. The zero-order valence-electron chi connectivity index (χ0n) is 27.2. The van der Waals surface area contributed by atoms with E-state index in [-0.39, 0.29) is 17.7 Å². The molecule has 1 unspecified atom stereocenters. The molecule has 0 radical (unpaired) electrons. The summed E-state index contributed by atoms with van der Waals surface area (Å²) in [6.07, 6.45) is 0.885. The minimum atomic E-state index is -0.768. The van der Waals surface area contributed by atoms with Crippen LogP contribution in [0.25, 0.3) is 22.4 Å². The molecule has 0 saturated carbocycles. The molecule has 5 aromatic rings. The number of rotatable bonds is 11. The van der Waals surface area contributed by atoms with E-state index in [1.54, 1.807) is 29.2 Å². The van der Waals surface area contributed by atoms with Gasteiger partial charge in [0, 0.05) is 49.5 Å². The van der Waals surface area contributed by atoms with Crippen LogP contribution >= 0.6 is 0 Å². The minimum absolute atomic E-state index is 0.118. The highest BCUT2D eigenvalue weighted by Gasteiger charge is 2.27. The smallest absolute Gasteiger partial charge is 0.254 e. The molecule has 2 amide bonds. The van der Waals surface area contributed by atoms with Crippen molar-refractivity contribution in [2.45, 2.75) is 25.8 Å². The maximum atomic E-state index is 13.7. The van der Waals surface area contributed by atoms with Gasteiger partial charge in [-0.1, -0.05) is 30.3 Å². The average molecular weight is 663 g/mol. The molecule has 6 rings (SSSR count). The molecule has 252 valence electrons. The van der Waals surface area contributed by atoms with Crippen LogP contribution in [0.3, 0.4) is 0 Å². The van der Waals surface area contributed by atoms with Crippen molar-refractivity contribution in [3.63, 3.8) is 0 Å². The summed E-state index contributed by atoms with van der Waals surface area (Å²) in [6.45, 7) is 4.64. The lowest BCUT2D eigenvalue weighted by Crippen LogP contribution is -2.48. The van der Waals surface area contributed by atoms with Crippen molar-refractivity contribution in [1.82, 2.24) is 19.8 Å². The fourth-order valence-electron chi connectivity index (χ4n) is 6.17. The molecular weight excluding hydrogens is 623 g/mol. The van der Waals surface area contributed by atoms with Crippen molar-refractivity contribution in [2.75, 3.05) is 37.6 Å². The van der Waals surface area contributed by atoms with E-state index in [9.17, 15) is 14.0 Å². The first kappa shape index (κ1) is 33.0. The Kier molecular flexibility index (Phi) is 9.74. The summed E-state index contributed by atoms with van der Waals surface area (Å²) >= 11 is 0. The lowest BCUT2D eigenvalue weighted by molar-refractivity contribution is -0.121. The number of aromatic nitrogens is 2. The summed E-state index contributed by atoms with van der Waals surface area (Å²) in [6, 6.07) is 26.1. The molecule has 1 saturated heterocycles. The maximum absolute atomic E-state index is 13.7. The highest BCUT2D eigenvalue weighted by molar-refractivity contribution is 5.98. The van der Waals surface area contributed by atoms with Crippen LogP contribution in [0.1, 0.15) is 34.8 Å². The highest BCUT2D eigenvalue weighted by Crippen LogP contribution is 2.34. The first-order valence-electron chi connectivity index (χ1n) is 16.2. The number of guanidine groups is 1. The number of nitrogens with two attached hydrogens (primary N) is 2. The normalized spacial score (nSPS) is 13.7. The molecule has 49 heavy (non-hydrogen) atoms. The Hall–Kier alpha value is -5.91. The topological polar surface area (TPSA) is 156 Å². The lowest BCUT2D eigenvalue weighted by Gasteiger charge is -2.36. The van der Waals surface area contributed by atoms with E-state index in [4.69, 9.17) is 26.6 Å². The summed E-state index contributed by atoms with van der Waals surface area (Å²) < 4.78 is 21.5. The third-order valence-electron chi connectivity index (χ3n) is 8.72. The number of aryl methyl sites for hydroxylation is 1. The summed E-state index contributed by atoms with van der Waals surface area (Å²) in [5.41, 5.74) is 15.8. The predicted molar refractivity (Wildman–Crippen MR) is 188 cm³/mol. The molecule has 1 aliphatic rings. The summed E-state index contributed by atoms with van der Waals surface area (Å²) in [5.74, 6) is 0.746. The molecule has 0 bridgehead atoms. The van der Waals surface area contributed by atoms with Gasteiger partial charge in [-0.25, -0.2) is 9.37 Å². The molecular formula is C37H39FN8O3. The quantitative estimate of drug-likeness (QED) is 0.0861. The van der Waals surface area contributed by atoms with E-state index in [0.29, 0.717) is 79.3 Å². The number of nitrogens with zero attached hydrogens (tertiary/aromatic N) is 4. The number of hydrogen-bond donors (Lipinski definition) is 4. The Bertz CT molecular complexity index is 1990. The van der Waals surface area contributed by atoms with Crippen LogP contribution in [0.15, 0.2) is 91.0 Å². The minimum Gasteiger partial charge on any atom is -0.457 e. The number of carbonyl (C=O) groups excluding carboxylic acids is 2. The Morgan fingerprint density at radius 2 is 1.71 bits per heavy atom. The van der Waals surface area contributed by atoms with E-state index in [1.165, 1.54) is 12.1 Å². The van der Waals surface area contributed by atoms with Crippen molar-refractivity contribution in [2.24, 2.45) is 11.5 Å². The number of anilines is 1. The van der Waals surface area contributed by atoms with Gasteiger partial charge in [0.25, 0.3) is 5.91 Å². The van der Waals surface area contributed by atoms with Gasteiger partial charge in [0.15, 0.2) is 5.96 Å². The van der Waals surface area contributed by atoms with Crippen LogP contribution in [0.5, 0.6) is 11.5 Å². The number of para-hydroxylation sites is 1. The van der Waals surface area contributed by atoms with Crippen LogP contribution in [-0.4, -0.2) is 64.9 Å². The summed E-state index contributed by atoms with van der Waals surface area (Å²) in [7, 11) is 0. The van der Waals surface area contributed by atoms with Crippen LogP contribution in [0, 0.1) is 18.2 Å². The Morgan fingerprint density at radius 1 is 0.959 bits per heavy atom. The molecule has 2 heterocycles. The molecule has 12 heteroatoms. The van der Waals surface area contributed by atoms with E-state index < -0.39 is 11.9 Å². The molecule has 1 atom stereocenters. The summed E-state index contributed by atoms with van der Waals surface area (Å²) in [4.78, 5) is 35.6. The number of fused-ring (bicyclic) bond motifs is 1. The number of hydrogen-bond acceptors (Lipinski definition) is 6. The highest BCUT2D eigenvalue weighted by atomic mass is 19.1. The number of primary amides is 1. The number of imidazole rings is 1. The monoisotopic (exact) mass is 662 g/mol. The van der Waals surface area contributed by atoms with Crippen molar-refractivity contribution in [3.05, 3.63) is 108 Å². The van der Waals surface area contributed by atoms with Crippen LogP contribution in [0.2, 0.25) is 0 Å². The van der Waals surface area contributed by atoms with Gasteiger partial charge >= 0.3 is 0 Å².